The summed E-state index contributed by atoms with van der Waals surface area (Å²) in [4.78, 5) is 69.9. The number of benzene rings is 1. The van der Waals surface area contributed by atoms with Crippen molar-refractivity contribution in [2.24, 2.45) is 35.3 Å². The van der Waals surface area contributed by atoms with Crippen LogP contribution in [0.4, 0.5) is 13.2 Å². The number of hydrogen-bond donors (Lipinski definition) is 3. The van der Waals surface area contributed by atoms with Crippen molar-refractivity contribution >= 4 is 29.0 Å². The Morgan fingerprint density at radius 3 is 2.38 bits per heavy atom. The van der Waals surface area contributed by atoms with Gasteiger partial charge in [0.15, 0.2) is 34.7 Å². The molecule has 6 rings (SSSR count). The van der Waals surface area contributed by atoms with E-state index < -0.39 is 99.4 Å². The van der Waals surface area contributed by atoms with Crippen LogP contribution in [-0.2, 0) is 43.1 Å². The zero-order valence-electron chi connectivity index (χ0n) is 24.9. The molecule has 1 aromatic carbocycles. The number of carbonyl (C=O) groups excluding carboxylic acids is 5. The highest BCUT2D eigenvalue weighted by Gasteiger charge is 2.69. The molecule has 5 aliphatic rings. The van der Waals surface area contributed by atoms with E-state index in [1.165, 1.54) is 19.0 Å². The zero-order chi connectivity index (χ0) is 32.7. The number of likely N-dealkylation sites (N-methyl/N-ethyl adjacent to an activating group) is 1. The molecular formula is C31H36F3N3O8. The van der Waals surface area contributed by atoms with E-state index in [1.807, 2.05) is 4.90 Å². The van der Waals surface area contributed by atoms with E-state index in [4.69, 9.17) is 10.5 Å². The van der Waals surface area contributed by atoms with E-state index in [9.17, 15) is 47.4 Å². The number of ketones is 4. The number of aliphatic hydroxyl groups is 1. The largest absolute Gasteiger partial charge is 0.507 e. The van der Waals surface area contributed by atoms with Crippen LogP contribution in [0, 0.1) is 29.6 Å². The number of nitrogens with zero attached hydrogens (tertiary/aromatic N) is 2. The molecule has 1 amide bonds. The first-order valence-electron chi connectivity index (χ1n) is 15.2. The highest BCUT2D eigenvalue weighted by molar-refractivity contribution is 6.32. The second kappa shape index (κ2) is 11.0. The topological polar surface area (TPSA) is 168 Å². The molecule has 7 atom stereocenters. The Kier molecular flexibility index (Phi) is 7.74. The summed E-state index contributed by atoms with van der Waals surface area (Å²) in [7, 11) is 2.87. The number of fused-ring (bicyclic) bond motifs is 3. The number of rotatable bonds is 7. The van der Waals surface area contributed by atoms with Crippen LogP contribution in [0.3, 0.4) is 0 Å². The normalized spacial score (nSPS) is 33.4. The highest BCUT2D eigenvalue weighted by Crippen LogP contribution is 2.53. The van der Waals surface area contributed by atoms with Gasteiger partial charge < -0.3 is 20.7 Å². The first-order chi connectivity index (χ1) is 21.1. The number of primary amides is 1. The van der Waals surface area contributed by atoms with Crippen molar-refractivity contribution in [3.63, 3.8) is 0 Å². The second-order valence-corrected chi connectivity index (χ2v) is 13.5. The molecule has 45 heavy (non-hydrogen) atoms. The van der Waals surface area contributed by atoms with Crippen LogP contribution in [0.1, 0.15) is 52.7 Å². The molecule has 3 saturated carbocycles. The Labute approximate surface area is 256 Å². The van der Waals surface area contributed by atoms with Crippen LogP contribution in [-0.4, -0.2) is 101 Å². The quantitative estimate of drug-likeness (QED) is 0.366. The third kappa shape index (κ3) is 5.00. The number of Topliss-reactive ketones (excluding diaryl/α,β-unsaturated/α-hetero) is 4. The summed E-state index contributed by atoms with van der Waals surface area (Å²) in [5.41, 5.74) is -0.00216. The number of amides is 1. The molecule has 14 heteroatoms. The zero-order valence-corrected chi connectivity index (χ0v) is 24.9. The van der Waals surface area contributed by atoms with Gasteiger partial charge in [-0.3, -0.25) is 33.8 Å². The number of phenolic OH excluding ortho intramolecular Hbond substituents is 1. The molecule has 0 bridgehead atoms. The van der Waals surface area contributed by atoms with Crippen LogP contribution >= 0.6 is 0 Å². The van der Waals surface area contributed by atoms with Crippen LogP contribution in [0.15, 0.2) is 6.07 Å². The van der Waals surface area contributed by atoms with E-state index in [2.05, 4.69) is 0 Å². The minimum Gasteiger partial charge on any atom is -0.507 e. The summed E-state index contributed by atoms with van der Waals surface area (Å²) in [5.74, 6) is -13.0. The molecule has 4 fully saturated rings. The summed E-state index contributed by atoms with van der Waals surface area (Å²) in [6.07, 6.45) is -3.11. The lowest BCUT2D eigenvalue weighted by Gasteiger charge is -2.52. The molecule has 0 aromatic heterocycles. The van der Waals surface area contributed by atoms with Gasteiger partial charge in [-0.1, -0.05) is 0 Å². The number of carbonyl (C=O) groups is 5. The number of alkyl halides is 3. The van der Waals surface area contributed by atoms with Gasteiger partial charge in [-0.25, -0.2) is 0 Å². The smallest absolute Gasteiger partial charge is 0.417 e. The summed E-state index contributed by atoms with van der Waals surface area (Å²) in [6.45, 7) is 1.30. The van der Waals surface area contributed by atoms with Crippen molar-refractivity contribution in [2.45, 2.75) is 62.5 Å². The number of ether oxygens (including phenoxy) is 1. The fraction of sp³-hybridized carbons (Fsp3) is 0.645. The fourth-order valence-electron chi connectivity index (χ4n) is 8.23. The van der Waals surface area contributed by atoms with Gasteiger partial charge in [0.25, 0.3) is 0 Å². The standard InChI is InChI=1S/C31H36F3N3O8/c1-36(2)24-18-8-14-7-17-21(25(39)20(14)27(41)30(18,44)28(42)22(26(24)40)29(35)43)19(38)9-15(23(17)31(32,33)34)11-37(10-13-3-4-13)16-5-6-45-12-16/h9,13-14,16,18,20,22,24,38,44H,3-8,10-12H2,1-2H3,(H2,35,43)/t14-,16+,18-,20?,22?,24-,30-/m0/s1. The summed E-state index contributed by atoms with van der Waals surface area (Å²) in [5, 5.41) is 22.7. The van der Waals surface area contributed by atoms with E-state index in [-0.39, 0.29) is 24.6 Å². The van der Waals surface area contributed by atoms with Crippen molar-refractivity contribution < 1.29 is 52.1 Å². The molecule has 1 aliphatic heterocycles. The van der Waals surface area contributed by atoms with Gasteiger partial charge in [0.05, 0.1) is 29.7 Å². The lowest BCUT2D eigenvalue weighted by atomic mass is 9.52. The van der Waals surface area contributed by atoms with Gasteiger partial charge in [-0.15, -0.1) is 0 Å². The van der Waals surface area contributed by atoms with Gasteiger partial charge in [-0.2, -0.15) is 13.2 Å². The van der Waals surface area contributed by atoms with Crippen molar-refractivity contribution in [1.82, 2.24) is 9.80 Å². The minimum absolute atomic E-state index is 0.0990. The van der Waals surface area contributed by atoms with Crippen molar-refractivity contribution in [1.29, 1.82) is 0 Å². The van der Waals surface area contributed by atoms with E-state index in [0.29, 0.717) is 32.1 Å². The third-order valence-electron chi connectivity index (χ3n) is 10.4. The molecule has 1 aromatic rings. The van der Waals surface area contributed by atoms with Crippen molar-refractivity contribution in [2.75, 3.05) is 33.9 Å². The van der Waals surface area contributed by atoms with Crippen LogP contribution in [0.2, 0.25) is 0 Å². The van der Waals surface area contributed by atoms with Crippen LogP contribution < -0.4 is 5.73 Å². The average molecular weight is 636 g/mol. The number of phenols is 1. The average Bonchev–Trinajstić information content (AvgIpc) is 3.57. The lowest BCUT2D eigenvalue weighted by molar-refractivity contribution is -0.181. The monoisotopic (exact) mass is 635 g/mol. The molecule has 11 nitrogen and oxygen atoms in total. The van der Waals surface area contributed by atoms with E-state index in [0.717, 1.165) is 18.9 Å². The first-order valence-corrected chi connectivity index (χ1v) is 15.2. The van der Waals surface area contributed by atoms with Crippen LogP contribution in [0.5, 0.6) is 5.75 Å². The molecule has 4 aliphatic carbocycles. The predicted molar refractivity (Wildman–Crippen MR) is 149 cm³/mol. The Morgan fingerprint density at radius 1 is 1.13 bits per heavy atom. The number of hydrogen-bond acceptors (Lipinski definition) is 10. The molecule has 244 valence electrons. The van der Waals surface area contributed by atoms with Gasteiger partial charge in [0.2, 0.25) is 5.91 Å². The SMILES string of the molecule is CN(C)[C@@H]1C(=O)C(C(N)=O)C(=O)[C@@]2(O)C(=O)C3C(=O)c4c(O)cc(CN(CC5CC5)[C@@H]5CCOC5)c(C(F)(F)F)c4C[C@H]3C[C@@H]12. The van der Waals surface area contributed by atoms with Gasteiger partial charge in [-0.05, 0) is 75.2 Å². The Hall–Kier alpha value is -3.20. The minimum atomic E-state index is -4.92. The van der Waals surface area contributed by atoms with Gasteiger partial charge in [0.1, 0.15) is 5.75 Å². The van der Waals surface area contributed by atoms with E-state index in [1.54, 1.807) is 0 Å². The molecule has 1 saturated heterocycles. The Balaban J connectivity index is 1.44. The van der Waals surface area contributed by atoms with Crippen LogP contribution in [0.25, 0.3) is 0 Å². The number of nitrogens with two attached hydrogens (primary N) is 1. The maximum absolute atomic E-state index is 14.9. The highest BCUT2D eigenvalue weighted by atomic mass is 19.4. The van der Waals surface area contributed by atoms with Gasteiger partial charge >= 0.3 is 6.18 Å². The van der Waals surface area contributed by atoms with Crippen molar-refractivity contribution in [3.05, 3.63) is 28.3 Å². The van der Waals surface area contributed by atoms with Gasteiger partial charge in [0, 0.05) is 31.7 Å². The fourth-order valence-corrected chi connectivity index (χ4v) is 8.23. The predicted octanol–water partition coefficient (Wildman–Crippen LogP) is 0.887. The molecule has 2 unspecified atom stereocenters. The summed E-state index contributed by atoms with van der Waals surface area (Å²) < 4.78 is 50.3. The molecule has 1 heterocycles. The summed E-state index contributed by atoms with van der Waals surface area (Å²) >= 11 is 0. The molecule has 4 N–H and O–H groups in total. The molecular weight excluding hydrogens is 599 g/mol. The Bertz CT molecular complexity index is 1480. The van der Waals surface area contributed by atoms with Crippen molar-refractivity contribution in [3.8, 4) is 5.75 Å². The third-order valence-corrected chi connectivity index (χ3v) is 10.4. The van der Waals surface area contributed by atoms with E-state index >= 15 is 0 Å². The second-order valence-electron chi connectivity index (χ2n) is 13.5. The molecule has 0 spiro atoms. The number of halogens is 3. The Morgan fingerprint density at radius 2 is 1.82 bits per heavy atom. The maximum Gasteiger partial charge on any atom is 0.417 e. The number of aromatic hydroxyl groups is 1. The first kappa shape index (κ1) is 31.8. The molecule has 0 radical (unpaired) electrons. The maximum atomic E-state index is 14.9. The summed E-state index contributed by atoms with van der Waals surface area (Å²) in [6, 6.07) is -0.521. The lowest BCUT2D eigenvalue weighted by Crippen LogP contribution is -2.74.